The second kappa shape index (κ2) is 10.0. The summed E-state index contributed by atoms with van der Waals surface area (Å²) in [6, 6.07) is 0. The van der Waals surface area contributed by atoms with E-state index >= 15 is 0 Å². The summed E-state index contributed by atoms with van der Waals surface area (Å²) in [5.74, 6) is -3.12. The maximum absolute atomic E-state index is 11.9. The van der Waals surface area contributed by atoms with Crippen LogP contribution in [0.15, 0.2) is 24.9 Å². The standard InChI is InChI=1S/C18H20N4O3.C2HF3O2/c23-18(24)16-15-1-3-22(8-12-2-4-25-10-12)9-14(15)7-21-17(16)13-5-19-11-20-6-13;3-2(4,5)1(6)7/h5-7,11-12H,1-4,8-10H2,(H,23,24);(H,6,7). The molecule has 1 unspecified atom stereocenters. The van der Waals surface area contributed by atoms with Crippen molar-refractivity contribution in [2.75, 3.05) is 26.3 Å². The Morgan fingerprint density at radius 3 is 2.44 bits per heavy atom. The Bertz CT molecular complexity index is 966. The van der Waals surface area contributed by atoms with E-state index in [1.807, 2.05) is 0 Å². The summed E-state index contributed by atoms with van der Waals surface area (Å²) in [5.41, 5.74) is 3.26. The normalized spacial score (nSPS) is 18.4. The van der Waals surface area contributed by atoms with Gasteiger partial charge in [0.15, 0.2) is 0 Å². The van der Waals surface area contributed by atoms with E-state index in [-0.39, 0.29) is 5.56 Å². The Balaban J connectivity index is 0.000000360. The van der Waals surface area contributed by atoms with Gasteiger partial charge in [-0.2, -0.15) is 13.2 Å². The molecule has 1 fully saturated rings. The minimum absolute atomic E-state index is 0.288. The summed E-state index contributed by atoms with van der Waals surface area (Å²) in [6.45, 7) is 4.27. The first-order chi connectivity index (χ1) is 15.2. The smallest absolute Gasteiger partial charge is 0.478 e. The van der Waals surface area contributed by atoms with E-state index < -0.39 is 18.1 Å². The highest BCUT2D eigenvalue weighted by Gasteiger charge is 2.38. The average Bonchev–Trinajstić information content (AvgIpc) is 3.26. The second-order valence-electron chi connectivity index (χ2n) is 7.44. The lowest BCUT2D eigenvalue weighted by Gasteiger charge is -2.31. The van der Waals surface area contributed by atoms with Crippen molar-refractivity contribution < 1.29 is 37.7 Å². The lowest BCUT2D eigenvalue weighted by molar-refractivity contribution is -0.192. The number of pyridine rings is 1. The predicted molar refractivity (Wildman–Crippen MR) is 104 cm³/mol. The molecule has 0 aliphatic carbocycles. The molecule has 0 radical (unpaired) electrons. The Morgan fingerprint density at radius 2 is 1.88 bits per heavy atom. The molecule has 172 valence electrons. The molecular weight excluding hydrogens is 433 g/mol. The molecule has 2 N–H and O–H groups in total. The van der Waals surface area contributed by atoms with Crippen LogP contribution in [0.5, 0.6) is 0 Å². The number of aromatic carboxylic acids is 1. The number of halogens is 3. The molecule has 2 aliphatic rings. The Labute approximate surface area is 180 Å². The first-order valence-corrected chi connectivity index (χ1v) is 9.76. The van der Waals surface area contributed by atoms with Crippen molar-refractivity contribution in [1.82, 2.24) is 19.9 Å². The number of hydrogen-bond donors (Lipinski definition) is 2. The van der Waals surface area contributed by atoms with E-state index in [0.717, 1.165) is 50.4 Å². The number of aromatic nitrogens is 3. The number of fused-ring (bicyclic) bond motifs is 1. The van der Waals surface area contributed by atoms with Crippen LogP contribution in [0.3, 0.4) is 0 Å². The van der Waals surface area contributed by atoms with Crippen LogP contribution in [0.2, 0.25) is 0 Å². The van der Waals surface area contributed by atoms with Crippen LogP contribution in [0.1, 0.15) is 27.9 Å². The summed E-state index contributed by atoms with van der Waals surface area (Å²) in [4.78, 5) is 35.6. The highest BCUT2D eigenvalue weighted by Crippen LogP contribution is 2.30. The molecule has 2 aliphatic heterocycles. The number of hydrogen-bond acceptors (Lipinski definition) is 7. The average molecular weight is 454 g/mol. The van der Waals surface area contributed by atoms with Gasteiger partial charge in [0.2, 0.25) is 0 Å². The van der Waals surface area contributed by atoms with E-state index in [2.05, 4.69) is 19.9 Å². The van der Waals surface area contributed by atoms with Gasteiger partial charge in [-0.25, -0.2) is 19.6 Å². The predicted octanol–water partition coefficient (Wildman–Crippen LogP) is 2.26. The maximum atomic E-state index is 11.9. The van der Waals surface area contributed by atoms with Gasteiger partial charge < -0.3 is 14.9 Å². The van der Waals surface area contributed by atoms with Crippen LogP contribution in [0, 0.1) is 5.92 Å². The van der Waals surface area contributed by atoms with E-state index in [1.54, 1.807) is 18.6 Å². The van der Waals surface area contributed by atoms with Crippen molar-refractivity contribution in [2.45, 2.75) is 25.6 Å². The van der Waals surface area contributed by atoms with Crippen LogP contribution >= 0.6 is 0 Å². The molecule has 0 aromatic carbocycles. The number of alkyl halides is 3. The van der Waals surface area contributed by atoms with Crippen molar-refractivity contribution >= 4 is 11.9 Å². The van der Waals surface area contributed by atoms with Crippen LogP contribution in [-0.4, -0.2) is 74.5 Å². The van der Waals surface area contributed by atoms with Gasteiger partial charge in [-0.1, -0.05) is 0 Å². The first-order valence-electron chi connectivity index (χ1n) is 9.76. The van der Waals surface area contributed by atoms with Gasteiger partial charge in [-0.3, -0.25) is 9.88 Å². The van der Waals surface area contributed by atoms with E-state index in [0.29, 0.717) is 23.6 Å². The molecule has 2 aromatic heterocycles. The lowest BCUT2D eigenvalue weighted by atomic mass is 9.92. The fourth-order valence-electron chi connectivity index (χ4n) is 3.72. The molecule has 4 rings (SSSR count). The molecule has 0 saturated carbocycles. The number of ether oxygens (including phenoxy) is 1. The van der Waals surface area contributed by atoms with Crippen LogP contribution in [0.25, 0.3) is 11.3 Å². The number of carboxylic acids is 2. The second-order valence-corrected chi connectivity index (χ2v) is 7.44. The minimum Gasteiger partial charge on any atom is -0.478 e. The number of rotatable bonds is 4. The zero-order valence-electron chi connectivity index (χ0n) is 16.9. The summed E-state index contributed by atoms with van der Waals surface area (Å²) in [5, 5.41) is 16.9. The van der Waals surface area contributed by atoms with E-state index in [9.17, 15) is 23.1 Å². The Hall–Kier alpha value is -3.12. The summed E-state index contributed by atoms with van der Waals surface area (Å²) < 4.78 is 37.2. The molecule has 4 heterocycles. The van der Waals surface area contributed by atoms with Crippen LogP contribution in [0.4, 0.5) is 13.2 Å². The Kier molecular flexibility index (Phi) is 7.36. The molecule has 32 heavy (non-hydrogen) atoms. The van der Waals surface area contributed by atoms with E-state index in [4.69, 9.17) is 14.6 Å². The SMILES string of the molecule is O=C(O)C(F)(F)F.O=C(O)c1c(-c2cncnc2)ncc2c1CCN(CC1CCOC1)C2. The topological polar surface area (TPSA) is 126 Å². The number of carboxylic acid groups (broad SMARTS) is 2. The summed E-state index contributed by atoms with van der Waals surface area (Å²) >= 11 is 0. The minimum atomic E-state index is -5.08. The fourth-order valence-corrected chi connectivity index (χ4v) is 3.72. The third-order valence-electron chi connectivity index (χ3n) is 5.18. The molecule has 0 bridgehead atoms. The monoisotopic (exact) mass is 454 g/mol. The largest absolute Gasteiger partial charge is 0.490 e. The van der Waals surface area contributed by atoms with Gasteiger partial charge in [-0.15, -0.1) is 0 Å². The highest BCUT2D eigenvalue weighted by molar-refractivity contribution is 5.96. The van der Waals surface area contributed by atoms with Crippen molar-refractivity contribution in [1.29, 1.82) is 0 Å². The summed E-state index contributed by atoms with van der Waals surface area (Å²) in [6.07, 6.45) is 3.17. The van der Waals surface area contributed by atoms with Crippen LogP contribution in [-0.2, 0) is 22.5 Å². The quantitative estimate of drug-likeness (QED) is 0.715. The Morgan fingerprint density at radius 1 is 1.19 bits per heavy atom. The molecule has 1 saturated heterocycles. The fraction of sp³-hybridized carbons (Fsp3) is 0.450. The van der Waals surface area contributed by atoms with Crippen molar-refractivity contribution in [2.24, 2.45) is 5.92 Å². The number of carbonyl (C=O) groups is 2. The number of aliphatic carboxylic acids is 1. The molecule has 2 aromatic rings. The highest BCUT2D eigenvalue weighted by atomic mass is 19.4. The first kappa shape index (κ1) is 23.5. The van der Waals surface area contributed by atoms with Crippen molar-refractivity contribution in [3.63, 3.8) is 0 Å². The van der Waals surface area contributed by atoms with Gasteiger partial charge in [-0.05, 0) is 29.9 Å². The number of nitrogens with zero attached hydrogens (tertiary/aromatic N) is 4. The third kappa shape index (κ3) is 5.77. The molecule has 0 amide bonds. The van der Waals surface area contributed by atoms with Crippen LogP contribution < -0.4 is 0 Å². The third-order valence-corrected chi connectivity index (χ3v) is 5.18. The molecule has 9 nitrogen and oxygen atoms in total. The molecule has 12 heteroatoms. The van der Waals surface area contributed by atoms with Gasteiger partial charge in [0.25, 0.3) is 0 Å². The van der Waals surface area contributed by atoms with Crippen molar-refractivity contribution in [3.05, 3.63) is 41.6 Å². The van der Waals surface area contributed by atoms with Gasteiger partial charge in [0.05, 0.1) is 17.9 Å². The molecule has 0 spiro atoms. The molecular formula is C20H21F3N4O5. The van der Waals surface area contributed by atoms with E-state index in [1.165, 1.54) is 6.33 Å². The molecule has 1 atom stereocenters. The zero-order valence-corrected chi connectivity index (χ0v) is 16.9. The van der Waals surface area contributed by atoms with Gasteiger partial charge in [0, 0.05) is 50.4 Å². The van der Waals surface area contributed by atoms with Crippen molar-refractivity contribution in [3.8, 4) is 11.3 Å². The lowest BCUT2D eigenvalue weighted by Crippen LogP contribution is -2.35. The zero-order chi connectivity index (χ0) is 23.3. The van der Waals surface area contributed by atoms with Gasteiger partial charge >= 0.3 is 18.1 Å². The van der Waals surface area contributed by atoms with Gasteiger partial charge in [0.1, 0.15) is 6.33 Å². The maximum Gasteiger partial charge on any atom is 0.490 e. The summed E-state index contributed by atoms with van der Waals surface area (Å²) in [7, 11) is 0.